The molecule has 1 fully saturated rings. The van der Waals surface area contributed by atoms with E-state index >= 15 is 0 Å². The molecular formula is C20H19ClN2O4. The van der Waals surface area contributed by atoms with Gasteiger partial charge in [0.05, 0.1) is 23.9 Å². The number of rotatable bonds is 6. The number of anilines is 1. The fourth-order valence-corrected chi connectivity index (χ4v) is 2.98. The largest absolute Gasteiger partial charge is 0.490 e. The molecule has 2 amide bonds. The molecule has 0 unspecified atom stereocenters. The summed E-state index contributed by atoms with van der Waals surface area (Å²) in [6.07, 6.45) is 1.49. The van der Waals surface area contributed by atoms with Crippen LogP contribution in [0.25, 0.3) is 6.08 Å². The summed E-state index contributed by atoms with van der Waals surface area (Å²) in [4.78, 5) is 25.0. The van der Waals surface area contributed by atoms with Gasteiger partial charge in [-0.05, 0) is 49.8 Å². The number of amides is 2. The number of hydrogen-bond donors (Lipinski definition) is 1. The van der Waals surface area contributed by atoms with Gasteiger partial charge in [0, 0.05) is 0 Å². The van der Waals surface area contributed by atoms with E-state index in [-0.39, 0.29) is 5.57 Å². The van der Waals surface area contributed by atoms with Crippen molar-refractivity contribution in [3.05, 3.63) is 58.6 Å². The van der Waals surface area contributed by atoms with E-state index in [1.54, 1.807) is 36.4 Å². The Morgan fingerprint density at radius 1 is 1.07 bits per heavy atom. The van der Waals surface area contributed by atoms with Gasteiger partial charge < -0.3 is 9.47 Å². The van der Waals surface area contributed by atoms with Crippen molar-refractivity contribution in [1.82, 2.24) is 5.43 Å². The summed E-state index contributed by atoms with van der Waals surface area (Å²) in [6, 6.07) is 12.2. The van der Waals surface area contributed by atoms with E-state index in [2.05, 4.69) is 5.43 Å². The molecular weight excluding hydrogens is 368 g/mol. The Bertz CT molecular complexity index is 896. The average molecular weight is 387 g/mol. The standard InChI is InChI=1S/C20H19ClN2O4/c1-3-26-17-12-13(11-16(21)18(17)27-4-2)10-15-19(24)22-23(20(15)25)14-8-6-5-7-9-14/h5-12H,3-4H2,1-2H3,(H,22,24). The molecule has 0 aromatic heterocycles. The molecule has 0 bridgehead atoms. The predicted octanol–water partition coefficient (Wildman–Crippen LogP) is 3.60. The van der Waals surface area contributed by atoms with E-state index in [1.807, 2.05) is 19.9 Å². The number of halogens is 1. The lowest BCUT2D eigenvalue weighted by Gasteiger charge is -2.14. The van der Waals surface area contributed by atoms with Crippen LogP contribution in [0.1, 0.15) is 19.4 Å². The molecule has 2 aromatic carbocycles. The number of carbonyl (C=O) groups is 2. The topological polar surface area (TPSA) is 67.9 Å². The molecule has 0 saturated carbocycles. The van der Waals surface area contributed by atoms with Crippen LogP contribution in [-0.4, -0.2) is 25.0 Å². The second-order valence-corrected chi connectivity index (χ2v) is 6.08. The first kappa shape index (κ1) is 18.8. The minimum Gasteiger partial charge on any atom is -0.490 e. The van der Waals surface area contributed by atoms with Crippen molar-refractivity contribution >= 4 is 35.2 Å². The van der Waals surface area contributed by atoms with Gasteiger partial charge in [-0.2, -0.15) is 0 Å². The van der Waals surface area contributed by atoms with Crippen LogP contribution in [0, 0.1) is 0 Å². The number of para-hydroxylation sites is 1. The van der Waals surface area contributed by atoms with Crippen LogP contribution in [0.15, 0.2) is 48.0 Å². The predicted molar refractivity (Wildman–Crippen MR) is 104 cm³/mol. The van der Waals surface area contributed by atoms with Gasteiger partial charge in [0.2, 0.25) is 0 Å². The molecule has 0 atom stereocenters. The number of carbonyl (C=O) groups excluding carboxylic acids is 2. The van der Waals surface area contributed by atoms with E-state index in [0.717, 1.165) is 0 Å². The van der Waals surface area contributed by atoms with Crippen molar-refractivity contribution in [1.29, 1.82) is 0 Å². The van der Waals surface area contributed by atoms with Gasteiger partial charge >= 0.3 is 0 Å². The van der Waals surface area contributed by atoms with Crippen LogP contribution in [0.4, 0.5) is 5.69 Å². The Balaban J connectivity index is 1.96. The molecule has 27 heavy (non-hydrogen) atoms. The van der Waals surface area contributed by atoms with E-state index < -0.39 is 11.8 Å². The van der Waals surface area contributed by atoms with Crippen LogP contribution in [0.2, 0.25) is 5.02 Å². The molecule has 1 heterocycles. The summed E-state index contributed by atoms with van der Waals surface area (Å²) in [5.41, 5.74) is 3.73. The van der Waals surface area contributed by atoms with Crippen molar-refractivity contribution < 1.29 is 19.1 Å². The summed E-state index contributed by atoms with van der Waals surface area (Å²) < 4.78 is 11.1. The Morgan fingerprint density at radius 3 is 2.44 bits per heavy atom. The molecule has 0 spiro atoms. The summed E-state index contributed by atoms with van der Waals surface area (Å²) in [5.74, 6) is -0.0123. The van der Waals surface area contributed by atoms with Crippen molar-refractivity contribution in [2.75, 3.05) is 18.2 Å². The molecule has 0 aliphatic carbocycles. The first-order valence-corrected chi connectivity index (χ1v) is 8.94. The van der Waals surface area contributed by atoms with Crippen molar-refractivity contribution in [3.63, 3.8) is 0 Å². The van der Waals surface area contributed by atoms with Crippen LogP contribution in [0.3, 0.4) is 0 Å². The van der Waals surface area contributed by atoms with Crippen molar-refractivity contribution in [2.45, 2.75) is 13.8 Å². The smallest absolute Gasteiger partial charge is 0.282 e. The van der Waals surface area contributed by atoms with Crippen LogP contribution < -0.4 is 19.9 Å². The summed E-state index contributed by atoms with van der Waals surface area (Å²) >= 11 is 6.30. The molecule has 1 saturated heterocycles. The maximum atomic E-state index is 12.7. The lowest BCUT2D eigenvalue weighted by atomic mass is 10.1. The fraction of sp³-hybridized carbons (Fsp3) is 0.200. The molecule has 6 nitrogen and oxygen atoms in total. The minimum absolute atomic E-state index is 0.0153. The van der Waals surface area contributed by atoms with Crippen molar-refractivity contribution in [3.8, 4) is 11.5 Å². The van der Waals surface area contributed by atoms with Gasteiger partial charge in [0.25, 0.3) is 11.8 Å². The van der Waals surface area contributed by atoms with Gasteiger partial charge in [-0.25, -0.2) is 5.01 Å². The number of nitrogens with one attached hydrogen (secondary N) is 1. The number of hydrazine groups is 1. The van der Waals surface area contributed by atoms with Crippen LogP contribution in [0.5, 0.6) is 11.5 Å². The van der Waals surface area contributed by atoms with Gasteiger partial charge in [-0.15, -0.1) is 0 Å². The third kappa shape index (κ3) is 3.90. The summed E-state index contributed by atoms with van der Waals surface area (Å²) in [7, 11) is 0. The molecule has 1 aliphatic rings. The molecule has 7 heteroatoms. The van der Waals surface area contributed by atoms with E-state index in [0.29, 0.717) is 41.0 Å². The van der Waals surface area contributed by atoms with Gasteiger partial charge in [0.15, 0.2) is 11.5 Å². The highest BCUT2D eigenvalue weighted by atomic mass is 35.5. The lowest BCUT2D eigenvalue weighted by molar-refractivity contribution is -0.117. The monoisotopic (exact) mass is 386 g/mol. The number of ether oxygens (including phenoxy) is 2. The third-order valence-corrected chi connectivity index (χ3v) is 4.12. The maximum absolute atomic E-state index is 12.7. The fourth-order valence-electron chi connectivity index (χ4n) is 2.70. The Labute approximate surface area is 162 Å². The second-order valence-electron chi connectivity index (χ2n) is 5.67. The first-order valence-electron chi connectivity index (χ1n) is 8.56. The zero-order chi connectivity index (χ0) is 19.4. The zero-order valence-electron chi connectivity index (χ0n) is 15.0. The second kappa shape index (κ2) is 8.14. The quantitative estimate of drug-likeness (QED) is 0.608. The SMILES string of the molecule is CCOc1cc(C=C2C(=O)NN(c3ccccc3)C2=O)cc(Cl)c1OCC. The lowest BCUT2D eigenvalue weighted by Crippen LogP contribution is -2.35. The molecule has 140 valence electrons. The molecule has 3 rings (SSSR count). The Kier molecular flexibility index (Phi) is 5.66. The Morgan fingerprint density at radius 2 is 1.78 bits per heavy atom. The van der Waals surface area contributed by atoms with E-state index in [9.17, 15) is 9.59 Å². The highest BCUT2D eigenvalue weighted by Gasteiger charge is 2.34. The third-order valence-electron chi connectivity index (χ3n) is 3.84. The molecule has 1 aliphatic heterocycles. The van der Waals surface area contributed by atoms with Gasteiger partial charge in [0.1, 0.15) is 5.57 Å². The maximum Gasteiger partial charge on any atom is 0.282 e. The highest BCUT2D eigenvalue weighted by Crippen LogP contribution is 2.37. The van der Waals surface area contributed by atoms with E-state index in [4.69, 9.17) is 21.1 Å². The molecule has 0 radical (unpaired) electrons. The minimum atomic E-state index is -0.480. The summed E-state index contributed by atoms with van der Waals surface area (Å²) in [6.45, 7) is 4.56. The number of benzene rings is 2. The highest BCUT2D eigenvalue weighted by molar-refractivity contribution is 6.33. The molecule has 1 N–H and O–H groups in total. The van der Waals surface area contributed by atoms with Gasteiger partial charge in [-0.3, -0.25) is 15.0 Å². The molecule has 2 aromatic rings. The average Bonchev–Trinajstić information content (AvgIpc) is 2.94. The summed E-state index contributed by atoms with van der Waals surface area (Å²) in [5, 5.41) is 1.56. The van der Waals surface area contributed by atoms with Crippen molar-refractivity contribution in [2.24, 2.45) is 0 Å². The normalized spacial score (nSPS) is 15.2. The van der Waals surface area contributed by atoms with E-state index in [1.165, 1.54) is 11.1 Å². The Hall–Kier alpha value is -2.99. The number of hydrogen-bond acceptors (Lipinski definition) is 4. The first-order chi connectivity index (χ1) is 13.0. The van der Waals surface area contributed by atoms with Gasteiger partial charge in [-0.1, -0.05) is 29.8 Å². The number of nitrogens with zero attached hydrogens (tertiary/aromatic N) is 1. The van der Waals surface area contributed by atoms with Crippen LogP contribution in [-0.2, 0) is 9.59 Å². The van der Waals surface area contributed by atoms with Crippen LogP contribution >= 0.6 is 11.6 Å². The zero-order valence-corrected chi connectivity index (χ0v) is 15.7.